The summed E-state index contributed by atoms with van der Waals surface area (Å²) in [5.74, 6) is -0.605. The Morgan fingerprint density at radius 3 is 1.48 bits per heavy atom. The lowest BCUT2D eigenvalue weighted by Gasteiger charge is -2.35. The monoisotopic (exact) mass is 296 g/mol. The number of rotatable bonds is 2. The van der Waals surface area contributed by atoms with Gasteiger partial charge in [0.2, 0.25) is 11.8 Å². The molecule has 1 fully saturated rings. The molecule has 21 heavy (non-hydrogen) atoms. The van der Waals surface area contributed by atoms with Crippen molar-refractivity contribution in [1.82, 2.24) is 0 Å². The smallest absolute Gasteiger partial charge is 0.242 e. The van der Waals surface area contributed by atoms with Crippen molar-refractivity contribution in [1.29, 1.82) is 0 Å². The summed E-state index contributed by atoms with van der Waals surface area (Å²) >= 11 is 5.38. The van der Waals surface area contributed by atoms with E-state index >= 15 is 0 Å². The predicted molar refractivity (Wildman–Crippen MR) is 85.1 cm³/mol. The molecule has 0 aromatic heterocycles. The second-order valence-electron chi connectivity index (χ2n) is 4.59. The zero-order valence-corrected chi connectivity index (χ0v) is 11.9. The van der Waals surface area contributed by atoms with Crippen LogP contribution in [0.15, 0.2) is 60.7 Å². The van der Waals surface area contributed by atoms with Gasteiger partial charge in [-0.05, 0) is 36.5 Å². The summed E-state index contributed by atoms with van der Waals surface area (Å²) in [7, 11) is 0. The number of carbonyl (C=O) groups excluding carboxylic acids is 2. The molecule has 0 atom stereocenters. The van der Waals surface area contributed by atoms with Gasteiger partial charge in [-0.1, -0.05) is 36.4 Å². The molecule has 0 saturated carbocycles. The molecule has 0 unspecified atom stereocenters. The Hall–Kier alpha value is -2.53. The molecule has 2 aromatic carbocycles. The molecule has 0 aliphatic carbocycles. The van der Waals surface area contributed by atoms with Crippen LogP contribution in [0.4, 0.5) is 11.4 Å². The van der Waals surface area contributed by atoms with E-state index in [-0.39, 0.29) is 23.3 Å². The second kappa shape index (κ2) is 5.46. The summed E-state index contributed by atoms with van der Waals surface area (Å²) in [6.07, 6.45) is -0.191. The van der Waals surface area contributed by atoms with Crippen LogP contribution >= 0.6 is 12.2 Å². The minimum Gasteiger partial charge on any atom is -0.273 e. The fraction of sp³-hybridized carbons (Fsp3) is 0.0625. The summed E-state index contributed by atoms with van der Waals surface area (Å²) in [5.41, 5.74) is 1.34. The number of anilines is 2. The van der Waals surface area contributed by atoms with Crippen molar-refractivity contribution in [2.24, 2.45) is 0 Å². The Morgan fingerprint density at radius 1 is 0.714 bits per heavy atom. The normalized spacial score (nSPS) is 15.5. The molecular formula is C16H12N2O2S. The first kappa shape index (κ1) is 13.5. The topological polar surface area (TPSA) is 40.6 Å². The number of benzene rings is 2. The van der Waals surface area contributed by atoms with Gasteiger partial charge in [-0.15, -0.1) is 0 Å². The molecule has 5 heteroatoms. The van der Waals surface area contributed by atoms with Crippen molar-refractivity contribution in [3.05, 3.63) is 60.7 Å². The van der Waals surface area contributed by atoms with Gasteiger partial charge in [0.1, 0.15) is 6.42 Å². The van der Waals surface area contributed by atoms with Crippen LogP contribution in [-0.2, 0) is 9.59 Å². The molecule has 104 valence electrons. The van der Waals surface area contributed by atoms with Crippen LogP contribution < -0.4 is 9.80 Å². The van der Waals surface area contributed by atoms with E-state index in [4.69, 9.17) is 12.2 Å². The number of hydrogen-bond donors (Lipinski definition) is 0. The first-order valence-corrected chi connectivity index (χ1v) is 6.89. The molecule has 1 aliphatic rings. The summed E-state index contributed by atoms with van der Waals surface area (Å²) in [6, 6.07) is 18.2. The highest BCUT2D eigenvalue weighted by Crippen LogP contribution is 2.25. The van der Waals surface area contributed by atoms with Crippen molar-refractivity contribution in [2.45, 2.75) is 6.42 Å². The summed E-state index contributed by atoms with van der Waals surface area (Å²) < 4.78 is 0. The van der Waals surface area contributed by atoms with E-state index in [1.165, 1.54) is 9.80 Å². The number of thiocarbonyl (C=S) groups is 1. The van der Waals surface area contributed by atoms with Crippen LogP contribution in [0.1, 0.15) is 6.42 Å². The molecule has 1 aliphatic heterocycles. The van der Waals surface area contributed by atoms with Crippen LogP contribution in [0.25, 0.3) is 0 Å². The largest absolute Gasteiger partial charge is 0.273 e. The standard InChI is InChI=1S/C16H12N2O2S/c19-14-11-15(20)18(13-9-5-2-6-10-13)16(21)17(14)12-7-3-1-4-8-12/h1-10H,11H2. The van der Waals surface area contributed by atoms with E-state index < -0.39 is 0 Å². The quantitative estimate of drug-likeness (QED) is 0.632. The van der Waals surface area contributed by atoms with E-state index in [0.29, 0.717) is 11.4 Å². The molecule has 3 rings (SSSR count). The second-order valence-corrected chi connectivity index (χ2v) is 4.95. The van der Waals surface area contributed by atoms with Crippen molar-refractivity contribution < 1.29 is 9.59 Å². The molecular weight excluding hydrogens is 284 g/mol. The Morgan fingerprint density at radius 2 is 1.10 bits per heavy atom. The van der Waals surface area contributed by atoms with E-state index in [9.17, 15) is 9.59 Å². The van der Waals surface area contributed by atoms with Crippen molar-refractivity contribution in [3.63, 3.8) is 0 Å². The summed E-state index contributed by atoms with van der Waals surface area (Å²) in [6.45, 7) is 0. The number of carbonyl (C=O) groups is 2. The first-order chi connectivity index (χ1) is 10.2. The molecule has 0 bridgehead atoms. The van der Waals surface area contributed by atoms with Gasteiger partial charge >= 0.3 is 0 Å². The molecule has 0 radical (unpaired) electrons. The molecule has 0 N–H and O–H groups in total. The fourth-order valence-corrected chi connectivity index (χ4v) is 2.68. The Kier molecular flexibility index (Phi) is 3.50. The van der Waals surface area contributed by atoms with Crippen LogP contribution in [0.2, 0.25) is 0 Å². The number of para-hydroxylation sites is 2. The van der Waals surface area contributed by atoms with Gasteiger partial charge in [0, 0.05) is 0 Å². The maximum atomic E-state index is 12.2. The predicted octanol–water partition coefficient (Wildman–Crippen LogP) is 2.74. The minimum absolute atomic E-state index is 0.189. The third-order valence-electron chi connectivity index (χ3n) is 3.21. The first-order valence-electron chi connectivity index (χ1n) is 6.48. The number of amides is 2. The van der Waals surface area contributed by atoms with Crippen molar-refractivity contribution in [2.75, 3.05) is 9.80 Å². The van der Waals surface area contributed by atoms with Crippen molar-refractivity contribution >= 4 is 40.5 Å². The van der Waals surface area contributed by atoms with Gasteiger partial charge < -0.3 is 0 Å². The molecule has 2 amide bonds. The zero-order chi connectivity index (χ0) is 14.8. The third-order valence-corrected chi connectivity index (χ3v) is 3.58. The number of hydrogen-bond acceptors (Lipinski definition) is 3. The average Bonchev–Trinajstić information content (AvgIpc) is 2.49. The van der Waals surface area contributed by atoms with Gasteiger partial charge in [0.25, 0.3) is 0 Å². The van der Waals surface area contributed by atoms with Gasteiger partial charge in [0.15, 0.2) is 5.11 Å². The van der Waals surface area contributed by atoms with Gasteiger partial charge in [-0.2, -0.15) is 0 Å². The molecule has 4 nitrogen and oxygen atoms in total. The van der Waals surface area contributed by atoms with Crippen LogP contribution in [0.3, 0.4) is 0 Å². The van der Waals surface area contributed by atoms with E-state index in [1.807, 2.05) is 36.4 Å². The maximum Gasteiger partial charge on any atom is 0.242 e. The zero-order valence-electron chi connectivity index (χ0n) is 11.1. The Balaban J connectivity index is 2.02. The minimum atomic E-state index is -0.302. The SMILES string of the molecule is O=C1CC(=O)N(c2ccccc2)C(=S)N1c1ccccc1. The maximum absolute atomic E-state index is 12.2. The fourth-order valence-electron chi connectivity index (χ4n) is 2.26. The van der Waals surface area contributed by atoms with Crippen LogP contribution in [0.5, 0.6) is 0 Å². The lowest BCUT2D eigenvalue weighted by Crippen LogP contribution is -2.55. The highest BCUT2D eigenvalue weighted by molar-refractivity contribution is 7.81. The van der Waals surface area contributed by atoms with Crippen molar-refractivity contribution in [3.8, 4) is 0 Å². The van der Waals surface area contributed by atoms with Gasteiger partial charge in [-0.25, -0.2) is 0 Å². The molecule has 0 spiro atoms. The lowest BCUT2D eigenvalue weighted by atomic mass is 10.2. The van der Waals surface area contributed by atoms with E-state index in [2.05, 4.69) is 0 Å². The average molecular weight is 296 g/mol. The van der Waals surface area contributed by atoms with E-state index in [0.717, 1.165) is 0 Å². The Bertz CT molecular complexity index is 641. The molecule has 2 aromatic rings. The highest BCUT2D eigenvalue weighted by atomic mass is 32.1. The molecule has 1 saturated heterocycles. The van der Waals surface area contributed by atoms with Crippen LogP contribution in [0, 0.1) is 0 Å². The lowest BCUT2D eigenvalue weighted by molar-refractivity contribution is -0.126. The third kappa shape index (κ3) is 2.43. The number of nitrogens with zero attached hydrogens (tertiary/aromatic N) is 2. The van der Waals surface area contributed by atoms with Gasteiger partial charge in [-0.3, -0.25) is 19.4 Å². The summed E-state index contributed by atoms with van der Waals surface area (Å²) in [4.78, 5) is 27.2. The van der Waals surface area contributed by atoms with Crippen LogP contribution in [-0.4, -0.2) is 16.9 Å². The highest BCUT2D eigenvalue weighted by Gasteiger charge is 2.36. The molecule has 1 heterocycles. The Labute approximate surface area is 127 Å². The van der Waals surface area contributed by atoms with Gasteiger partial charge in [0.05, 0.1) is 11.4 Å². The van der Waals surface area contributed by atoms with E-state index in [1.54, 1.807) is 24.3 Å². The summed E-state index contributed by atoms with van der Waals surface area (Å²) in [5, 5.41) is 0.189.